The third-order valence-corrected chi connectivity index (χ3v) is 4.59. The summed E-state index contributed by atoms with van der Waals surface area (Å²) in [6, 6.07) is 7.60. The van der Waals surface area contributed by atoms with Crippen LogP contribution in [0.1, 0.15) is 22.1 Å². The molecule has 1 N–H and O–H groups in total. The molecule has 1 aromatic carbocycles. The Morgan fingerprint density at radius 2 is 2.12 bits per heavy atom. The Balaban J connectivity index is 2.41. The van der Waals surface area contributed by atoms with E-state index in [0.717, 1.165) is 20.5 Å². The van der Waals surface area contributed by atoms with Crippen LogP contribution in [0.25, 0.3) is 0 Å². The van der Waals surface area contributed by atoms with Crippen molar-refractivity contribution in [3.63, 3.8) is 0 Å². The second-order valence-corrected chi connectivity index (χ2v) is 5.77. The molecule has 0 aliphatic carbocycles. The van der Waals surface area contributed by atoms with Gasteiger partial charge in [0, 0.05) is 15.1 Å². The smallest absolute Gasteiger partial charge is 0.116 e. The molecule has 84 valence electrons. The summed E-state index contributed by atoms with van der Waals surface area (Å²) in [4.78, 5) is 0.880. The molecule has 0 aliphatic heterocycles. The lowest BCUT2D eigenvalue weighted by atomic mass is 10.1. The zero-order valence-corrected chi connectivity index (χ0v) is 11.7. The molecule has 0 spiro atoms. The molecule has 16 heavy (non-hydrogen) atoms. The van der Waals surface area contributed by atoms with Crippen LogP contribution in [0.5, 0.6) is 0 Å². The highest BCUT2D eigenvalue weighted by Crippen LogP contribution is 2.35. The normalized spacial score (nSPS) is 12.8. The van der Waals surface area contributed by atoms with Gasteiger partial charge in [0.15, 0.2) is 0 Å². The topological polar surface area (TPSA) is 20.2 Å². The second kappa shape index (κ2) is 4.88. The summed E-state index contributed by atoms with van der Waals surface area (Å²) in [6.07, 6.45) is -0.664. The Morgan fingerprint density at radius 3 is 2.69 bits per heavy atom. The Kier molecular flexibility index (Phi) is 3.70. The average Bonchev–Trinajstić information content (AvgIpc) is 2.63. The summed E-state index contributed by atoms with van der Waals surface area (Å²) in [6.45, 7) is 1.98. The largest absolute Gasteiger partial charge is 0.383 e. The van der Waals surface area contributed by atoms with E-state index in [1.165, 1.54) is 11.3 Å². The lowest BCUT2D eigenvalue weighted by Crippen LogP contribution is -1.99. The van der Waals surface area contributed by atoms with E-state index in [9.17, 15) is 5.11 Å². The third-order valence-electron chi connectivity index (χ3n) is 2.34. The maximum absolute atomic E-state index is 10.2. The highest BCUT2D eigenvalue weighted by Gasteiger charge is 2.17. The number of rotatable bonds is 2. The predicted octanol–water partition coefficient (Wildman–Crippen LogP) is 4.55. The Labute approximate surface area is 112 Å². The molecule has 1 nitrogen and oxygen atoms in total. The maximum atomic E-state index is 10.2. The molecule has 1 atom stereocenters. The molecule has 4 heteroatoms. The molecule has 0 saturated heterocycles. The molecule has 2 aromatic rings. The van der Waals surface area contributed by atoms with Crippen molar-refractivity contribution in [1.82, 2.24) is 0 Å². The number of aliphatic hydroxyl groups is 1. The van der Waals surface area contributed by atoms with Crippen molar-refractivity contribution >= 4 is 38.9 Å². The third kappa shape index (κ3) is 2.33. The van der Waals surface area contributed by atoms with E-state index < -0.39 is 6.10 Å². The summed E-state index contributed by atoms with van der Waals surface area (Å²) >= 11 is 11.0. The molecule has 0 fully saturated rings. The number of hydrogen-bond donors (Lipinski definition) is 1. The maximum Gasteiger partial charge on any atom is 0.116 e. The van der Waals surface area contributed by atoms with Gasteiger partial charge >= 0.3 is 0 Å². The van der Waals surface area contributed by atoms with Crippen molar-refractivity contribution in [2.24, 2.45) is 0 Å². The molecule has 1 aromatic heterocycles. The number of hydrogen-bond acceptors (Lipinski definition) is 2. The van der Waals surface area contributed by atoms with E-state index in [-0.39, 0.29) is 0 Å². The second-order valence-electron chi connectivity index (χ2n) is 3.56. The number of aryl methyl sites for hydroxylation is 1. The minimum Gasteiger partial charge on any atom is -0.383 e. The molecular formula is C12H10BrClOS. The van der Waals surface area contributed by atoms with Crippen LogP contribution in [0, 0.1) is 6.92 Å². The first-order valence-electron chi connectivity index (χ1n) is 4.76. The van der Waals surface area contributed by atoms with Gasteiger partial charge in [-0.3, -0.25) is 0 Å². The van der Waals surface area contributed by atoms with Crippen molar-refractivity contribution in [3.05, 3.63) is 55.1 Å². The minimum absolute atomic E-state index is 0.604. The molecule has 1 unspecified atom stereocenters. The first-order valence-corrected chi connectivity index (χ1v) is 6.81. The Morgan fingerprint density at radius 1 is 1.38 bits per heavy atom. The Bertz CT molecular complexity index is 509. The van der Waals surface area contributed by atoms with Crippen LogP contribution in [0.4, 0.5) is 0 Å². The van der Waals surface area contributed by atoms with Gasteiger partial charge < -0.3 is 5.11 Å². The van der Waals surface area contributed by atoms with E-state index in [2.05, 4.69) is 15.9 Å². The van der Waals surface area contributed by atoms with Gasteiger partial charge in [0.1, 0.15) is 6.10 Å². The monoisotopic (exact) mass is 316 g/mol. The van der Waals surface area contributed by atoms with Crippen LogP contribution in [-0.2, 0) is 0 Å². The first kappa shape index (κ1) is 12.1. The van der Waals surface area contributed by atoms with Gasteiger partial charge in [-0.2, -0.15) is 0 Å². The van der Waals surface area contributed by atoms with Gasteiger partial charge in [-0.05, 0) is 45.9 Å². The lowest BCUT2D eigenvalue weighted by Gasteiger charge is -2.12. The van der Waals surface area contributed by atoms with Crippen LogP contribution in [0.15, 0.2) is 34.1 Å². The quantitative estimate of drug-likeness (QED) is 0.861. The van der Waals surface area contributed by atoms with Gasteiger partial charge in [0.05, 0.1) is 4.88 Å². The van der Waals surface area contributed by atoms with E-state index in [1.807, 2.05) is 36.6 Å². The van der Waals surface area contributed by atoms with Crippen LogP contribution in [-0.4, -0.2) is 5.11 Å². The fourth-order valence-electron chi connectivity index (χ4n) is 1.50. The molecule has 2 rings (SSSR count). The molecule has 0 aliphatic rings. The molecule has 0 radical (unpaired) electrons. The fourth-order valence-corrected chi connectivity index (χ4v) is 3.43. The summed E-state index contributed by atoms with van der Waals surface area (Å²) in [7, 11) is 0. The average molecular weight is 318 g/mol. The van der Waals surface area contributed by atoms with Crippen molar-refractivity contribution in [1.29, 1.82) is 0 Å². The minimum atomic E-state index is -0.664. The van der Waals surface area contributed by atoms with Crippen molar-refractivity contribution in [2.75, 3.05) is 0 Å². The predicted molar refractivity (Wildman–Crippen MR) is 72.3 cm³/mol. The van der Waals surface area contributed by atoms with Crippen LogP contribution in [0.3, 0.4) is 0 Å². The van der Waals surface area contributed by atoms with E-state index in [0.29, 0.717) is 5.02 Å². The summed E-state index contributed by atoms with van der Waals surface area (Å²) < 4.78 is 0.918. The van der Waals surface area contributed by atoms with Crippen molar-refractivity contribution in [3.8, 4) is 0 Å². The van der Waals surface area contributed by atoms with Crippen LogP contribution in [0.2, 0.25) is 5.02 Å². The highest BCUT2D eigenvalue weighted by atomic mass is 79.9. The van der Waals surface area contributed by atoms with Crippen molar-refractivity contribution < 1.29 is 5.11 Å². The lowest BCUT2D eigenvalue weighted by molar-refractivity contribution is 0.223. The summed E-state index contributed by atoms with van der Waals surface area (Å²) in [5.41, 5.74) is 1.83. The van der Waals surface area contributed by atoms with Gasteiger partial charge in [0.2, 0.25) is 0 Å². The van der Waals surface area contributed by atoms with Crippen LogP contribution < -0.4 is 0 Å². The van der Waals surface area contributed by atoms with E-state index in [4.69, 9.17) is 11.6 Å². The number of thiophene rings is 1. The Hall–Kier alpha value is -0.350. The molecular weight excluding hydrogens is 308 g/mol. The SMILES string of the molecule is Cc1ccc(C(O)c2sccc2Br)c(Cl)c1. The van der Waals surface area contributed by atoms with Gasteiger partial charge in [0.25, 0.3) is 0 Å². The van der Waals surface area contributed by atoms with Gasteiger partial charge in [-0.25, -0.2) is 0 Å². The summed E-state index contributed by atoms with van der Waals surface area (Å²) in [5, 5.41) is 12.8. The molecule has 0 saturated carbocycles. The standard InChI is InChI=1S/C12H10BrClOS/c1-7-2-3-8(10(14)6-7)11(15)12-9(13)4-5-16-12/h2-6,11,15H,1H3. The molecule has 0 bridgehead atoms. The van der Waals surface area contributed by atoms with Gasteiger partial charge in [-0.15, -0.1) is 11.3 Å². The fraction of sp³-hybridized carbons (Fsp3) is 0.167. The number of aliphatic hydroxyl groups excluding tert-OH is 1. The molecule has 0 amide bonds. The zero-order chi connectivity index (χ0) is 11.7. The molecule has 1 heterocycles. The first-order chi connectivity index (χ1) is 7.59. The van der Waals surface area contributed by atoms with Crippen LogP contribution >= 0.6 is 38.9 Å². The number of benzene rings is 1. The van der Waals surface area contributed by atoms with E-state index in [1.54, 1.807) is 0 Å². The van der Waals surface area contributed by atoms with E-state index >= 15 is 0 Å². The van der Waals surface area contributed by atoms with Gasteiger partial charge in [-0.1, -0.05) is 23.7 Å². The number of halogens is 2. The highest BCUT2D eigenvalue weighted by molar-refractivity contribution is 9.10. The zero-order valence-electron chi connectivity index (χ0n) is 8.58. The summed E-state index contributed by atoms with van der Waals surface area (Å²) in [5.74, 6) is 0. The van der Waals surface area contributed by atoms with Crippen molar-refractivity contribution in [2.45, 2.75) is 13.0 Å².